The second-order valence-electron chi connectivity index (χ2n) is 6.14. The number of carbonyl (C=O) groups excluding carboxylic acids is 5. The normalized spacial score (nSPS) is 11.8. The van der Waals surface area contributed by atoms with Crippen molar-refractivity contribution in [1.29, 1.82) is 0 Å². The maximum atomic E-state index is 12.3. The number of hydrogen-bond donors (Lipinski definition) is 3. The van der Waals surface area contributed by atoms with Gasteiger partial charge in [-0.1, -0.05) is 0 Å². The smallest absolute Gasteiger partial charge is 0.306 e. The highest BCUT2D eigenvalue weighted by Gasteiger charge is 2.20. The summed E-state index contributed by atoms with van der Waals surface area (Å²) in [4.78, 5) is 58.4. The quantitative estimate of drug-likeness (QED) is 0.0859. The van der Waals surface area contributed by atoms with Gasteiger partial charge in [0.25, 0.3) is 0 Å². The number of ketones is 1. The van der Waals surface area contributed by atoms with E-state index in [1.165, 1.54) is 7.11 Å². The van der Waals surface area contributed by atoms with Gasteiger partial charge >= 0.3 is 11.9 Å². The van der Waals surface area contributed by atoms with Crippen molar-refractivity contribution in [1.82, 2.24) is 10.6 Å². The Labute approximate surface area is 192 Å². The van der Waals surface area contributed by atoms with E-state index < -0.39 is 44.9 Å². The van der Waals surface area contributed by atoms with E-state index in [0.29, 0.717) is 25.8 Å². The fourth-order valence-corrected chi connectivity index (χ4v) is 3.69. The minimum Gasteiger partial charge on any atom is -0.469 e. The van der Waals surface area contributed by atoms with E-state index >= 15 is 0 Å². The number of rotatable bonds is 16. The summed E-state index contributed by atoms with van der Waals surface area (Å²) in [6.45, 7) is 2.33. The zero-order valence-corrected chi connectivity index (χ0v) is 20.3. The van der Waals surface area contributed by atoms with Crippen LogP contribution in [0.3, 0.4) is 0 Å². The first-order valence-electron chi connectivity index (χ1n) is 9.58. The molecule has 0 aromatic carbocycles. The molecule has 0 aliphatic carbocycles. The number of Topliss-reactive ketones (excluding diaryl/α,β-unsaturated/α-hetero) is 1. The van der Waals surface area contributed by atoms with Crippen LogP contribution in [0.25, 0.3) is 0 Å². The lowest BCUT2D eigenvalue weighted by atomic mass is 10.1. The standard InChI is InChI=1S/C18H30IN3O7S/c1-3-29-18(27)10-8-16(25)21-13(14(23)12-19-22-30)6-4-5-11-20-15(24)7-9-17(26)28-2/h13,30H,3-12H2,1-2H3,(H,20,24)(H,21,25). The number of esters is 2. The Morgan fingerprint density at radius 2 is 1.67 bits per heavy atom. The topological polar surface area (TPSA) is 140 Å². The van der Waals surface area contributed by atoms with Gasteiger partial charge in [0.2, 0.25) is 11.8 Å². The van der Waals surface area contributed by atoms with Gasteiger partial charge in [-0.3, -0.25) is 24.0 Å². The summed E-state index contributed by atoms with van der Waals surface area (Å²) < 4.78 is 13.2. The summed E-state index contributed by atoms with van der Waals surface area (Å²) >= 11 is 3.06. The summed E-state index contributed by atoms with van der Waals surface area (Å²) in [5, 5.41) is 5.37. The maximum Gasteiger partial charge on any atom is 0.306 e. The highest BCUT2D eigenvalue weighted by Crippen LogP contribution is 2.09. The minimum atomic E-state index is -0.720. The lowest BCUT2D eigenvalue weighted by Crippen LogP contribution is -2.41. The Balaban J connectivity index is 4.37. The van der Waals surface area contributed by atoms with Crippen LogP contribution in [-0.2, 0) is 33.4 Å². The Kier molecular flexibility index (Phi) is 17.3. The number of thiol groups is 1. The van der Waals surface area contributed by atoms with Crippen molar-refractivity contribution in [2.24, 2.45) is 2.55 Å². The van der Waals surface area contributed by atoms with Gasteiger partial charge in [-0.05, 0) is 39.0 Å². The van der Waals surface area contributed by atoms with E-state index in [-0.39, 0.29) is 48.4 Å². The molecule has 172 valence electrons. The molecule has 0 radical (unpaired) electrons. The number of carbonyl (C=O) groups is 5. The van der Waals surface area contributed by atoms with Crippen molar-refractivity contribution in [2.45, 2.75) is 57.9 Å². The molecule has 0 aliphatic rings. The monoisotopic (exact) mass is 559 g/mol. The third-order valence-electron chi connectivity index (χ3n) is 3.86. The predicted molar refractivity (Wildman–Crippen MR) is 121 cm³/mol. The summed E-state index contributed by atoms with van der Waals surface area (Å²) in [5.41, 5.74) is 0. The van der Waals surface area contributed by atoms with Crippen LogP contribution in [0.1, 0.15) is 51.9 Å². The van der Waals surface area contributed by atoms with Gasteiger partial charge in [-0.2, -0.15) is 2.55 Å². The van der Waals surface area contributed by atoms with E-state index in [2.05, 4.69) is 30.7 Å². The maximum absolute atomic E-state index is 12.3. The molecule has 0 saturated heterocycles. The molecule has 2 N–H and O–H groups in total. The molecule has 0 aromatic heterocycles. The largest absolute Gasteiger partial charge is 0.469 e. The van der Waals surface area contributed by atoms with E-state index in [0.717, 1.165) is 0 Å². The minimum absolute atomic E-state index is 0.0238. The molecule has 1 unspecified atom stereocenters. The lowest BCUT2D eigenvalue weighted by molar-refractivity contribution is -0.144. The van der Waals surface area contributed by atoms with Gasteiger partial charge in [0.05, 0.1) is 37.0 Å². The Hall–Kier alpha value is -1.57. The second-order valence-corrected chi connectivity index (χ2v) is 9.03. The highest BCUT2D eigenvalue weighted by molar-refractivity contribution is 14.2. The molecule has 0 spiro atoms. The van der Waals surface area contributed by atoms with Crippen molar-refractivity contribution >= 4 is 63.4 Å². The first kappa shape index (κ1) is 28.4. The van der Waals surface area contributed by atoms with Crippen LogP contribution in [0.4, 0.5) is 0 Å². The number of hydrogen-bond acceptors (Lipinski definition) is 9. The van der Waals surface area contributed by atoms with Crippen LogP contribution in [0.2, 0.25) is 0 Å². The lowest BCUT2D eigenvalue weighted by Gasteiger charge is -2.17. The van der Waals surface area contributed by atoms with Crippen molar-refractivity contribution in [3.63, 3.8) is 0 Å². The number of unbranched alkanes of at least 4 members (excludes halogenated alkanes) is 1. The molecule has 0 saturated carbocycles. The molecule has 10 nitrogen and oxygen atoms in total. The van der Waals surface area contributed by atoms with Gasteiger partial charge < -0.3 is 20.1 Å². The first-order chi connectivity index (χ1) is 14.3. The Morgan fingerprint density at radius 1 is 1.00 bits per heavy atom. The molecule has 1 atom stereocenters. The zero-order chi connectivity index (χ0) is 22.8. The Morgan fingerprint density at radius 3 is 2.30 bits per heavy atom. The van der Waals surface area contributed by atoms with E-state index in [1.807, 2.05) is 0 Å². The number of nitrogens with zero attached hydrogens (tertiary/aromatic N) is 1. The van der Waals surface area contributed by atoms with Crippen molar-refractivity contribution in [2.75, 3.05) is 24.7 Å². The average molecular weight is 559 g/mol. The summed E-state index contributed by atoms with van der Waals surface area (Å²) in [5.74, 6) is -1.66. The van der Waals surface area contributed by atoms with Gasteiger partial charge in [0.15, 0.2) is 5.78 Å². The fraction of sp³-hybridized carbons (Fsp3) is 0.722. The first-order valence-corrected chi connectivity index (χ1v) is 12.5. The van der Waals surface area contributed by atoms with Crippen molar-refractivity contribution in [3.8, 4) is 0 Å². The van der Waals surface area contributed by atoms with Crippen molar-refractivity contribution in [3.05, 3.63) is 0 Å². The number of halogens is 1. The zero-order valence-electron chi connectivity index (χ0n) is 17.3. The van der Waals surface area contributed by atoms with E-state index in [1.54, 1.807) is 6.92 Å². The van der Waals surface area contributed by atoms with Crippen LogP contribution in [0, 0.1) is 0 Å². The van der Waals surface area contributed by atoms with E-state index in [4.69, 9.17) is 4.74 Å². The second kappa shape index (κ2) is 18.2. The SMILES string of the molecule is CCOC(=O)CCC(=O)NC(CCCCNC(=O)CCC(=O)OC)C(=O)CI=NS. The number of methoxy groups -OCH3 is 1. The predicted octanol–water partition coefficient (Wildman–Crippen LogP) is 1.62. The summed E-state index contributed by atoms with van der Waals surface area (Å²) in [6, 6.07) is -0.662. The van der Waals surface area contributed by atoms with Gasteiger partial charge in [-0.25, -0.2) is 0 Å². The van der Waals surface area contributed by atoms with Crippen molar-refractivity contribution < 1.29 is 33.4 Å². The van der Waals surface area contributed by atoms with Crippen LogP contribution in [0.5, 0.6) is 0 Å². The Bertz CT molecular complexity index is 617. The molecule has 0 heterocycles. The summed E-state index contributed by atoms with van der Waals surface area (Å²) in [7, 11) is 1.26. The van der Waals surface area contributed by atoms with Crippen LogP contribution in [0.15, 0.2) is 2.55 Å². The molecule has 0 fully saturated rings. The van der Waals surface area contributed by atoms with Gasteiger partial charge in [-0.15, -0.1) is 0 Å². The van der Waals surface area contributed by atoms with Gasteiger partial charge in [0, 0.05) is 40.4 Å². The molecular formula is C18H30IN3O7S. The third-order valence-corrected chi connectivity index (χ3v) is 5.97. The number of amides is 2. The molecule has 0 rings (SSSR count). The highest BCUT2D eigenvalue weighted by atomic mass is 127. The third kappa shape index (κ3) is 15.3. The molecule has 2 amide bonds. The van der Waals surface area contributed by atoms with E-state index in [9.17, 15) is 24.0 Å². The number of nitrogens with one attached hydrogen (secondary N) is 2. The van der Waals surface area contributed by atoms with Crippen LogP contribution in [-0.4, -0.2) is 60.3 Å². The molecule has 30 heavy (non-hydrogen) atoms. The molecule has 12 heteroatoms. The number of ether oxygens (including phenoxy) is 2. The molecule has 0 aliphatic heterocycles. The molecule has 0 bridgehead atoms. The molecule has 0 aromatic rings. The summed E-state index contributed by atoms with van der Waals surface area (Å²) in [6.07, 6.45) is 1.61. The number of alkyl halides is 1. The fourth-order valence-electron chi connectivity index (χ4n) is 2.31. The van der Waals surface area contributed by atoms with Crippen LogP contribution < -0.4 is 10.6 Å². The average Bonchev–Trinajstić information content (AvgIpc) is 2.73. The van der Waals surface area contributed by atoms with Crippen LogP contribution >= 0.6 is 33.8 Å². The van der Waals surface area contributed by atoms with Gasteiger partial charge in [0.1, 0.15) is 0 Å². The molecular weight excluding hydrogens is 529 g/mol.